The average molecular weight is 245 g/mol. The molecule has 0 amide bonds. The molecule has 1 aliphatic rings. The van der Waals surface area contributed by atoms with Crippen molar-refractivity contribution in [2.45, 2.75) is 32.1 Å². The van der Waals surface area contributed by atoms with Gasteiger partial charge < -0.3 is 5.32 Å². The Hall–Kier alpha value is -0.860. The molecule has 1 fully saturated rings. The van der Waals surface area contributed by atoms with Crippen LogP contribution >= 0.6 is 11.3 Å². The minimum absolute atomic E-state index is 0.790. The van der Waals surface area contributed by atoms with Crippen LogP contribution in [0.3, 0.4) is 0 Å². The van der Waals surface area contributed by atoms with Gasteiger partial charge >= 0.3 is 0 Å². The van der Waals surface area contributed by atoms with Crippen LogP contribution in [0.2, 0.25) is 0 Å². The van der Waals surface area contributed by atoms with Crippen LogP contribution in [-0.2, 0) is 6.42 Å². The maximum Gasteiger partial charge on any atom is 0.0348 e. The largest absolute Gasteiger partial charge is 0.317 e. The van der Waals surface area contributed by atoms with Crippen LogP contribution in [0, 0.1) is 0 Å². The van der Waals surface area contributed by atoms with Crippen molar-refractivity contribution in [1.82, 2.24) is 5.32 Å². The molecule has 0 bridgehead atoms. The molecule has 0 radical (unpaired) electrons. The number of fused-ring (bicyclic) bond motifs is 1. The molecule has 0 spiro atoms. The van der Waals surface area contributed by atoms with E-state index in [-0.39, 0.29) is 0 Å². The van der Waals surface area contributed by atoms with E-state index in [4.69, 9.17) is 0 Å². The van der Waals surface area contributed by atoms with Crippen LogP contribution < -0.4 is 5.32 Å². The number of thiophene rings is 1. The molecule has 1 saturated heterocycles. The van der Waals surface area contributed by atoms with Crippen molar-refractivity contribution < 1.29 is 0 Å². The molecule has 2 heterocycles. The zero-order valence-electron chi connectivity index (χ0n) is 10.3. The molecule has 0 aliphatic carbocycles. The summed E-state index contributed by atoms with van der Waals surface area (Å²) in [7, 11) is 0. The fraction of sp³-hybridized carbons (Fsp3) is 0.467. The molecule has 3 rings (SSSR count). The SMILES string of the molecule is CCc1ccc2cc(C3CCNCC3)sc2c1. The monoisotopic (exact) mass is 245 g/mol. The Labute approximate surface area is 107 Å². The van der Waals surface area contributed by atoms with Gasteiger partial charge in [-0.25, -0.2) is 0 Å². The molecule has 0 saturated carbocycles. The predicted molar refractivity (Wildman–Crippen MR) is 76.0 cm³/mol. The molecule has 17 heavy (non-hydrogen) atoms. The van der Waals surface area contributed by atoms with Gasteiger partial charge in [0.15, 0.2) is 0 Å². The van der Waals surface area contributed by atoms with Crippen molar-refractivity contribution in [1.29, 1.82) is 0 Å². The highest BCUT2D eigenvalue weighted by Gasteiger charge is 2.17. The second kappa shape index (κ2) is 4.79. The maximum absolute atomic E-state index is 3.44. The summed E-state index contributed by atoms with van der Waals surface area (Å²) in [5.74, 6) is 0.790. The minimum atomic E-state index is 0.790. The molecule has 1 aliphatic heterocycles. The van der Waals surface area contributed by atoms with E-state index in [2.05, 4.69) is 36.5 Å². The van der Waals surface area contributed by atoms with Gasteiger partial charge in [0.2, 0.25) is 0 Å². The molecule has 1 aromatic heterocycles. The molecule has 1 nitrogen and oxygen atoms in total. The van der Waals surface area contributed by atoms with Gasteiger partial charge in [0.25, 0.3) is 0 Å². The van der Waals surface area contributed by atoms with Crippen LogP contribution in [0.5, 0.6) is 0 Å². The molecular formula is C15H19NS. The van der Waals surface area contributed by atoms with Gasteiger partial charge in [-0.2, -0.15) is 0 Å². The Morgan fingerprint density at radius 2 is 2.06 bits per heavy atom. The van der Waals surface area contributed by atoms with Crippen molar-refractivity contribution in [2.24, 2.45) is 0 Å². The van der Waals surface area contributed by atoms with Gasteiger partial charge in [0.05, 0.1) is 0 Å². The lowest BCUT2D eigenvalue weighted by atomic mass is 9.96. The number of piperidine rings is 1. The number of rotatable bonds is 2. The second-order valence-corrected chi connectivity index (χ2v) is 6.01. The van der Waals surface area contributed by atoms with E-state index < -0.39 is 0 Å². The Kier molecular flexibility index (Phi) is 3.17. The molecule has 0 atom stereocenters. The zero-order valence-corrected chi connectivity index (χ0v) is 11.1. The Balaban J connectivity index is 1.95. The summed E-state index contributed by atoms with van der Waals surface area (Å²) in [6.45, 7) is 4.58. The van der Waals surface area contributed by atoms with E-state index in [1.165, 1.54) is 41.6 Å². The molecule has 0 unspecified atom stereocenters. The summed E-state index contributed by atoms with van der Waals surface area (Å²) in [4.78, 5) is 1.59. The molecule has 1 N–H and O–H groups in total. The molecular weight excluding hydrogens is 226 g/mol. The fourth-order valence-electron chi connectivity index (χ4n) is 2.62. The number of nitrogens with one attached hydrogen (secondary N) is 1. The minimum Gasteiger partial charge on any atom is -0.317 e. The van der Waals surface area contributed by atoms with Crippen molar-refractivity contribution in [3.05, 3.63) is 34.7 Å². The summed E-state index contributed by atoms with van der Waals surface area (Å²) in [6.07, 6.45) is 3.73. The van der Waals surface area contributed by atoms with Gasteiger partial charge in [-0.05, 0) is 61.4 Å². The summed E-state index contributed by atoms with van der Waals surface area (Å²) < 4.78 is 1.47. The summed E-state index contributed by atoms with van der Waals surface area (Å²) in [5, 5.41) is 4.87. The van der Waals surface area contributed by atoms with E-state index in [0.717, 1.165) is 12.3 Å². The van der Waals surface area contributed by atoms with Crippen LogP contribution in [-0.4, -0.2) is 13.1 Å². The molecule has 1 aromatic carbocycles. The first kappa shape index (κ1) is 11.2. The number of hydrogen-bond acceptors (Lipinski definition) is 2. The number of benzene rings is 1. The van der Waals surface area contributed by atoms with E-state index in [9.17, 15) is 0 Å². The third-order valence-corrected chi connectivity index (χ3v) is 5.01. The zero-order chi connectivity index (χ0) is 11.7. The smallest absolute Gasteiger partial charge is 0.0348 e. The third-order valence-electron chi connectivity index (χ3n) is 3.75. The highest BCUT2D eigenvalue weighted by atomic mass is 32.1. The standard InChI is InChI=1S/C15H19NS/c1-2-11-3-4-13-10-15(17-14(13)9-11)12-5-7-16-8-6-12/h3-4,9-10,12,16H,2,5-8H2,1H3. The van der Waals surface area contributed by atoms with Crippen molar-refractivity contribution in [2.75, 3.05) is 13.1 Å². The molecule has 2 aromatic rings. The third kappa shape index (κ3) is 2.24. The Morgan fingerprint density at radius 1 is 1.24 bits per heavy atom. The Morgan fingerprint density at radius 3 is 2.82 bits per heavy atom. The first-order valence-electron chi connectivity index (χ1n) is 6.60. The van der Waals surface area contributed by atoms with Crippen LogP contribution in [0.25, 0.3) is 10.1 Å². The lowest BCUT2D eigenvalue weighted by molar-refractivity contribution is 0.465. The number of aryl methyl sites for hydroxylation is 1. The maximum atomic E-state index is 3.44. The van der Waals surface area contributed by atoms with Crippen molar-refractivity contribution >= 4 is 21.4 Å². The fourth-order valence-corrected chi connectivity index (χ4v) is 3.92. The van der Waals surface area contributed by atoms with Crippen LogP contribution in [0.15, 0.2) is 24.3 Å². The highest BCUT2D eigenvalue weighted by molar-refractivity contribution is 7.19. The van der Waals surface area contributed by atoms with Gasteiger partial charge in [0.1, 0.15) is 0 Å². The lowest BCUT2D eigenvalue weighted by Crippen LogP contribution is -2.26. The highest BCUT2D eigenvalue weighted by Crippen LogP contribution is 2.35. The topological polar surface area (TPSA) is 12.0 Å². The van der Waals surface area contributed by atoms with Gasteiger partial charge in [-0.1, -0.05) is 19.1 Å². The Bertz CT molecular complexity index is 509. The average Bonchev–Trinajstić information content (AvgIpc) is 2.82. The van der Waals surface area contributed by atoms with E-state index in [1.807, 2.05) is 11.3 Å². The predicted octanol–water partition coefficient (Wildman–Crippen LogP) is 3.93. The van der Waals surface area contributed by atoms with Gasteiger partial charge in [-0.3, -0.25) is 0 Å². The number of hydrogen-bond donors (Lipinski definition) is 1. The summed E-state index contributed by atoms with van der Waals surface area (Å²) in [6, 6.07) is 9.33. The first-order valence-corrected chi connectivity index (χ1v) is 7.41. The first-order chi connectivity index (χ1) is 8.36. The normalized spacial score (nSPS) is 17.7. The van der Waals surface area contributed by atoms with Crippen LogP contribution in [0.4, 0.5) is 0 Å². The van der Waals surface area contributed by atoms with E-state index in [1.54, 1.807) is 4.88 Å². The quantitative estimate of drug-likeness (QED) is 0.845. The van der Waals surface area contributed by atoms with E-state index in [0.29, 0.717) is 0 Å². The summed E-state index contributed by atoms with van der Waals surface area (Å²) in [5.41, 5.74) is 1.45. The van der Waals surface area contributed by atoms with Gasteiger partial charge in [-0.15, -0.1) is 11.3 Å². The van der Waals surface area contributed by atoms with Gasteiger partial charge in [0, 0.05) is 9.58 Å². The molecule has 90 valence electrons. The van der Waals surface area contributed by atoms with Crippen molar-refractivity contribution in [3.63, 3.8) is 0 Å². The lowest BCUT2D eigenvalue weighted by Gasteiger charge is -2.21. The molecule has 2 heteroatoms. The van der Waals surface area contributed by atoms with Crippen molar-refractivity contribution in [3.8, 4) is 0 Å². The van der Waals surface area contributed by atoms with E-state index >= 15 is 0 Å². The second-order valence-electron chi connectivity index (χ2n) is 4.90. The van der Waals surface area contributed by atoms with Crippen LogP contribution in [0.1, 0.15) is 36.1 Å². The summed E-state index contributed by atoms with van der Waals surface area (Å²) >= 11 is 2.01.